The van der Waals surface area contributed by atoms with Gasteiger partial charge in [0.15, 0.2) is 5.16 Å². The van der Waals surface area contributed by atoms with Gasteiger partial charge in [0.2, 0.25) is 5.91 Å². The van der Waals surface area contributed by atoms with E-state index in [1.54, 1.807) is 0 Å². The number of nitrogens with zero attached hydrogens (tertiary/aromatic N) is 3. The summed E-state index contributed by atoms with van der Waals surface area (Å²) in [5.74, 6) is 1.58. The second-order valence-electron chi connectivity index (χ2n) is 7.70. The lowest BCUT2D eigenvalue weighted by atomic mass is 9.97. The highest BCUT2D eigenvalue weighted by atomic mass is 32.2. The molecule has 0 saturated heterocycles. The average molecular weight is 397 g/mol. The zero-order chi connectivity index (χ0) is 19.3. The molecule has 5 nitrogen and oxygen atoms in total. The molecule has 1 atom stereocenters. The summed E-state index contributed by atoms with van der Waals surface area (Å²) in [5, 5.41) is 12.5. The number of hydrogen-bond acceptors (Lipinski definition) is 4. The van der Waals surface area contributed by atoms with Gasteiger partial charge in [-0.05, 0) is 64.0 Å². The molecule has 28 heavy (non-hydrogen) atoms. The van der Waals surface area contributed by atoms with Gasteiger partial charge in [0.1, 0.15) is 5.82 Å². The third-order valence-electron chi connectivity index (χ3n) is 5.40. The molecule has 148 valence electrons. The fourth-order valence-corrected chi connectivity index (χ4v) is 4.52. The third kappa shape index (κ3) is 4.66. The van der Waals surface area contributed by atoms with Crippen LogP contribution in [0.4, 0.5) is 0 Å². The highest BCUT2D eigenvalue weighted by Crippen LogP contribution is 2.41. The zero-order valence-corrected chi connectivity index (χ0v) is 17.3. The lowest BCUT2D eigenvalue weighted by molar-refractivity contribution is -0.120. The first-order valence-electron chi connectivity index (χ1n) is 10.4. The first kappa shape index (κ1) is 19.2. The van der Waals surface area contributed by atoms with Gasteiger partial charge in [0, 0.05) is 18.2 Å². The van der Waals surface area contributed by atoms with Crippen molar-refractivity contribution in [2.45, 2.75) is 68.2 Å². The number of aromatic nitrogens is 3. The smallest absolute Gasteiger partial charge is 0.233 e. The number of amides is 1. The van der Waals surface area contributed by atoms with Crippen molar-refractivity contribution in [3.63, 3.8) is 0 Å². The lowest BCUT2D eigenvalue weighted by Crippen LogP contribution is -2.32. The Balaban J connectivity index is 1.39. The van der Waals surface area contributed by atoms with Gasteiger partial charge < -0.3 is 5.32 Å². The molecule has 1 fully saturated rings. The van der Waals surface area contributed by atoms with E-state index in [9.17, 15) is 4.79 Å². The van der Waals surface area contributed by atoms with E-state index in [0.717, 1.165) is 23.1 Å². The number of benzene rings is 1. The summed E-state index contributed by atoms with van der Waals surface area (Å²) in [5.41, 5.74) is 2.55. The fraction of sp³-hybridized carbons (Fsp3) is 0.500. The predicted octanol–water partition coefficient (Wildman–Crippen LogP) is 4.63. The van der Waals surface area contributed by atoms with Gasteiger partial charge in [-0.3, -0.25) is 9.36 Å². The van der Waals surface area contributed by atoms with E-state index in [2.05, 4.69) is 38.3 Å². The molecular formula is C22H28N4OS. The maximum atomic E-state index is 12.6. The SMILES string of the molecule is C[C@@H](Sc1nnc(C2CC2)n1-c1ccccc1)C(=O)NCCC1=CCCCC1. The van der Waals surface area contributed by atoms with Gasteiger partial charge in [0.25, 0.3) is 0 Å². The number of rotatable bonds is 8. The van der Waals surface area contributed by atoms with Crippen molar-refractivity contribution in [1.29, 1.82) is 0 Å². The molecule has 2 aliphatic carbocycles. The van der Waals surface area contributed by atoms with Crippen LogP contribution in [-0.4, -0.2) is 32.5 Å². The van der Waals surface area contributed by atoms with Gasteiger partial charge in [-0.1, -0.05) is 41.6 Å². The van der Waals surface area contributed by atoms with E-state index in [1.165, 1.54) is 55.9 Å². The second-order valence-corrected chi connectivity index (χ2v) is 9.00. The Bertz CT molecular complexity index is 841. The van der Waals surface area contributed by atoms with Crippen LogP contribution in [-0.2, 0) is 4.79 Å². The molecule has 0 radical (unpaired) electrons. The number of para-hydroxylation sites is 1. The second kappa shape index (κ2) is 8.95. The van der Waals surface area contributed by atoms with E-state index in [0.29, 0.717) is 12.5 Å². The highest BCUT2D eigenvalue weighted by Gasteiger charge is 2.31. The quantitative estimate of drug-likeness (QED) is 0.522. The molecule has 2 aromatic rings. The van der Waals surface area contributed by atoms with Crippen molar-refractivity contribution in [3.8, 4) is 5.69 Å². The van der Waals surface area contributed by atoms with Crippen molar-refractivity contribution in [2.75, 3.05) is 6.54 Å². The van der Waals surface area contributed by atoms with Crippen molar-refractivity contribution in [1.82, 2.24) is 20.1 Å². The van der Waals surface area contributed by atoms with Gasteiger partial charge in [-0.2, -0.15) is 0 Å². The minimum absolute atomic E-state index is 0.0667. The van der Waals surface area contributed by atoms with E-state index in [1.807, 2.05) is 25.1 Å². The third-order valence-corrected chi connectivity index (χ3v) is 6.44. The molecule has 1 N–H and O–H groups in total. The Morgan fingerprint density at radius 3 is 2.79 bits per heavy atom. The molecule has 2 aliphatic rings. The maximum Gasteiger partial charge on any atom is 0.233 e. The molecule has 6 heteroatoms. The van der Waals surface area contributed by atoms with Crippen molar-refractivity contribution >= 4 is 17.7 Å². The van der Waals surface area contributed by atoms with E-state index in [-0.39, 0.29) is 11.2 Å². The summed E-state index contributed by atoms with van der Waals surface area (Å²) in [6.07, 6.45) is 10.6. The van der Waals surface area contributed by atoms with Crippen molar-refractivity contribution < 1.29 is 4.79 Å². The first-order chi connectivity index (χ1) is 13.7. The van der Waals surface area contributed by atoms with Crippen LogP contribution in [0.3, 0.4) is 0 Å². The van der Waals surface area contributed by atoms with E-state index in [4.69, 9.17) is 0 Å². The normalized spacial score (nSPS) is 17.8. The molecule has 4 rings (SSSR count). The number of hydrogen-bond donors (Lipinski definition) is 1. The number of carbonyl (C=O) groups excluding carboxylic acids is 1. The molecule has 0 spiro atoms. The largest absolute Gasteiger partial charge is 0.355 e. The summed E-state index contributed by atoms with van der Waals surface area (Å²) in [6.45, 7) is 2.66. The van der Waals surface area contributed by atoms with Gasteiger partial charge in [0.05, 0.1) is 5.25 Å². The number of nitrogens with one attached hydrogen (secondary N) is 1. The van der Waals surface area contributed by atoms with Crippen molar-refractivity contribution in [3.05, 3.63) is 47.8 Å². The van der Waals surface area contributed by atoms with Crippen LogP contribution in [0.5, 0.6) is 0 Å². The van der Waals surface area contributed by atoms with Crippen LogP contribution < -0.4 is 5.32 Å². The highest BCUT2D eigenvalue weighted by molar-refractivity contribution is 8.00. The topological polar surface area (TPSA) is 59.8 Å². The summed E-state index contributed by atoms with van der Waals surface area (Å²) in [4.78, 5) is 12.6. The standard InChI is InChI=1S/C22H28N4OS/c1-16(21(27)23-15-14-17-8-4-2-5-9-17)28-22-25-24-20(18-12-13-18)26(22)19-10-6-3-7-11-19/h3,6-8,10-11,16,18H,2,4-5,9,12-15H2,1H3,(H,23,27)/t16-/m1/s1. The van der Waals surface area contributed by atoms with Crippen LogP contribution in [0, 0.1) is 0 Å². The Kier molecular flexibility index (Phi) is 6.15. The van der Waals surface area contributed by atoms with Gasteiger partial charge in [-0.25, -0.2) is 0 Å². The lowest BCUT2D eigenvalue weighted by Gasteiger charge is -2.15. The molecule has 0 aliphatic heterocycles. The predicted molar refractivity (Wildman–Crippen MR) is 113 cm³/mol. The molecule has 1 aromatic carbocycles. The van der Waals surface area contributed by atoms with Crippen LogP contribution in [0.2, 0.25) is 0 Å². The van der Waals surface area contributed by atoms with E-state index < -0.39 is 0 Å². The molecule has 1 amide bonds. The Hall–Kier alpha value is -2.08. The van der Waals surface area contributed by atoms with Crippen molar-refractivity contribution in [2.24, 2.45) is 0 Å². The van der Waals surface area contributed by atoms with Crippen LogP contribution in [0.1, 0.15) is 63.6 Å². The summed E-state index contributed by atoms with van der Waals surface area (Å²) < 4.78 is 2.12. The summed E-state index contributed by atoms with van der Waals surface area (Å²) >= 11 is 1.49. The maximum absolute atomic E-state index is 12.6. The molecule has 0 bridgehead atoms. The Morgan fingerprint density at radius 2 is 2.07 bits per heavy atom. The first-order valence-corrected chi connectivity index (χ1v) is 11.2. The van der Waals surface area contributed by atoms with Crippen LogP contribution >= 0.6 is 11.8 Å². The minimum Gasteiger partial charge on any atom is -0.355 e. The molecular weight excluding hydrogens is 368 g/mol. The fourth-order valence-electron chi connectivity index (χ4n) is 3.62. The summed E-state index contributed by atoms with van der Waals surface area (Å²) in [6, 6.07) is 10.2. The Morgan fingerprint density at radius 1 is 1.25 bits per heavy atom. The monoisotopic (exact) mass is 396 g/mol. The molecule has 1 heterocycles. The van der Waals surface area contributed by atoms with Gasteiger partial charge in [-0.15, -0.1) is 10.2 Å². The number of thioether (sulfide) groups is 1. The molecule has 1 saturated carbocycles. The number of allylic oxidation sites excluding steroid dienone is 1. The van der Waals surface area contributed by atoms with E-state index >= 15 is 0 Å². The van der Waals surface area contributed by atoms with Crippen LogP contribution in [0.25, 0.3) is 5.69 Å². The zero-order valence-electron chi connectivity index (χ0n) is 16.4. The average Bonchev–Trinajstić information content (AvgIpc) is 3.49. The Labute approximate surface area is 171 Å². The van der Waals surface area contributed by atoms with Gasteiger partial charge >= 0.3 is 0 Å². The summed E-state index contributed by atoms with van der Waals surface area (Å²) in [7, 11) is 0. The molecule has 0 unspecified atom stereocenters. The number of carbonyl (C=O) groups is 1. The minimum atomic E-state index is -0.209. The van der Waals surface area contributed by atoms with Crippen LogP contribution in [0.15, 0.2) is 47.1 Å². The molecule has 1 aromatic heterocycles.